The molecule has 4 rings (SSSR count). The van der Waals surface area contributed by atoms with Crippen LogP contribution in [0.25, 0.3) is 11.2 Å². The molecule has 2 saturated heterocycles. The van der Waals surface area contributed by atoms with Crippen LogP contribution in [0, 0.1) is 0 Å². The maximum absolute atomic E-state index is 15.7. The number of aromatic nitrogens is 4. The molecule has 13 heteroatoms. The van der Waals surface area contributed by atoms with Crippen molar-refractivity contribution in [2.45, 2.75) is 51.0 Å². The van der Waals surface area contributed by atoms with E-state index < -0.39 is 43.6 Å². The Morgan fingerprint density at radius 3 is 3.00 bits per heavy atom. The number of imidazole rings is 1. The first-order chi connectivity index (χ1) is 12.6. The number of alkyl halides is 1. The van der Waals surface area contributed by atoms with Crippen LogP contribution >= 0.6 is 7.82 Å². The highest BCUT2D eigenvalue weighted by molar-refractivity contribution is 7.48. The van der Waals surface area contributed by atoms with E-state index in [1.807, 2.05) is 0 Å². The Kier molecular flexibility index (Phi) is 4.17. The van der Waals surface area contributed by atoms with Gasteiger partial charge >= 0.3 is 7.82 Å². The molecule has 148 valence electrons. The molecule has 2 aromatic heterocycles. The van der Waals surface area contributed by atoms with Crippen LogP contribution in [-0.2, 0) is 22.9 Å². The lowest BCUT2D eigenvalue weighted by molar-refractivity contribution is -0.0733. The van der Waals surface area contributed by atoms with Crippen molar-refractivity contribution in [2.24, 2.45) is 0 Å². The second kappa shape index (κ2) is 6.08. The van der Waals surface area contributed by atoms with Crippen molar-refractivity contribution in [3.63, 3.8) is 0 Å². The van der Waals surface area contributed by atoms with Crippen molar-refractivity contribution in [2.75, 3.05) is 12.3 Å². The second-order valence-electron chi connectivity index (χ2n) is 6.88. The van der Waals surface area contributed by atoms with Crippen LogP contribution in [0.5, 0.6) is 0 Å². The molecule has 2 aromatic rings. The number of anilines is 1. The van der Waals surface area contributed by atoms with Crippen molar-refractivity contribution in [1.82, 2.24) is 19.5 Å². The Morgan fingerprint density at radius 1 is 1.56 bits per heavy atom. The third-order valence-electron chi connectivity index (χ3n) is 4.36. The minimum atomic E-state index is -3.92. The number of aromatic amines is 1. The molecule has 0 aromatic carbocycles. The third-order valence-corrected chi connectivity index (χ3v) is 5.99. The molecule has 2 aliphatic heterocycles. The number of ether oxygens (including phenoxy) is 1. The van der Waals surface area contributed by atoms with Gasteiger partial charge in [0.1, 0.15) is 12.2 Å². The fraction of sp³-hybridized carbons (Fsp3) is 0.643. The number of phosphoric acid groups is 1. The van der Waals surface area contributed by atoms with Crippen LogP contribution < -0.4 is 11.3 Å². The maximum Gasteiger partial charge on any atom is 0.475 e. The molecule has 0 radical (unpaired) electrons. The molecule has 0 spiro atoms. The second-order valence-corrected chi connectivity index (χ2v) is 8.45. The van der Waals surface area contributed by atoms with E-state index in [-0.39, 0.29) is 23.7 Å². The van der Waals surface area contributed by atoms with E-state index in [9.17, 15) is 9.36 Å². The summed E-state index contributed by atoms with van der Waals surface area (Å²) in [5.41, 5.74) is 2.93. The lowest BCUT2D eigenvalue weighted by atomic mass is 9.98. The molecule has 2 unspecified atom stereocenters. The normalized spacial score (nSPS) is 36.4. The first-order valence-electron chi connectivity index (χ1n) is 8.29. The lowest BCUT2D eigenvalue weighted by Gasteiger charge is -2.34. The number of hydrogen-bond acceptors (Lipinski definition) is 9. The SMILES string of the molecule is CC(C)OP1(=O)OC[C@H]2O[C@@H](n3cnc4c(=O)[nH]c(N)nc43)C(C)(F)[C@H]2O1. The molecule has 2 aliphatic rings. The summed E-state index contributed by atoms with van der Waals surface area (Å²) in [6.45, 7) is 4.39. The van der Waals surface area contributed by atoms with Gasteiger partial charge in [-0.3, -0.25) is 27.9 Å². The Bertz CT molecular complexity index is 990. The molecule has 0 saturated carbocycles. The molecule has 11 nitrogen and oxygen atoms in total. The zero-order valence-electron chi connectivity index (χ0n) is 14.8. The molecule has 4 heterocycles. The maximum atomic E-state index is 15.7. The van der Waals surface area contributed by atoms with E-state index in [0.717, 1.165) is 0 Å². The van der Waals surface area contributed by atoms with Gasteiger partial charge in [0.15, 0.2) is 23.1 Å². The number of halogens is 1. The zero-order chi connectivity index (χ0) is 19.6. The topological polar surface area (TPSA) is 144 Å². The molecular weight excluding hydrogens is 384 g/mol. The standard InChI is InChI=1S/C14H19FN5O6P/c1-6(2)25-27(22)23-4-7-9(26-27)14(3,15)12(24-7)20-5-17-8-10(20)18-13(16)19-11(8)21/h5-7,9,12H,4H2,1-3H3,(H3,16,18,19,21)/t7-,9+,12-,14?,27?/m1/s1. The monoisotopic (exact) mass is 403 g/mol. The molecule has 0 bridgehead atoms. The van der Waals surface area contributed by atoms with Crippen LogP contribution in [0.2, 0.25) is 0 Å². The fourth-order valence-electron chi connectivity index (χ4n) is 3.27. The fourth-order valence-corrected chi connectivity index (χ4v) is 4.91. The molecule has 27 heavy (non-hydrogen) atoms. The Hall–Kier alpha value is -1.85. The van der Waals surface area contributed by atoms with E-state index >= 15 is 4.39 Å². The largest absolute Gasteiger partial charge is 0.475 e. The molecule has 5 atom stereocenters. The zero-order valence-corrected chi connectivity index (χ0v) is 15.7. The highest BCUT2D eigenvalue weighted by atomic mass is 31.2. The lowest BCUT2D eigenvalue weighted by Crippen LogP contribution is -2.45. The van der Waals surface area contributed by atoms with Gasteiger partial charge in [-0.25, -0.2) is 13.9 Å². The summed E-state index contributed by atoms with van der Waals surface area (Å²) >= 11 is 0. The predicted octanol–water partition coefficient (Wildman–Crippen LogP) is 1.28. The number of rotatable bonds is 3. The van der Waals surface area contributed by atoms with Crippen LogP contribution in [0.4, 0.5) is 10.3 Å². The van der Waals surface area contributed by atoms with Crippen LogP contribution in [-0.4, -0.2) is 50.1 Å². The summed E-state index contributed by atoms with van der Waals surface area (Å²) in [6, 6.07) is 0. The quantitative estimate of drug-likeness (QED) is 0.724. The average molecular weight is 403 g/mol. The van der Waals surface area contributed by atoms with Gasteiger partial charge in [0.2, 0.25) is 5.95 Å². The minimum Gasteiger partial charge on any atom is -0.369 e. The van der Waals surface area contributed by atoms with Crippen molar-refractivity contribution in [3.8, 4) is 0 Å². The number of nitrogen functional groups attached to an aromatic ring is 1. The average Bonchev–Trinajstić information content (AvgIpc) is 3.05. The Morgan fingerprint density at radius 2 is 2.30 bits per heavy atom. The number of hydrogen-bond donors (Lipinski definition) is 2. The molecule has 2 fully saturated rings. The number of nitrogens with one attached hydrogen (secondary N) is 1. The van der Waals surface area contributed by atoms with E-state index in [1.165, 1.54) is 17.8 Å². The summed E-state index contributed by atoms with van der Waals surface area (Å²) in [6.07, 6.45) is -2.50. The van der Waals surface area contributed by atoms with Gasteiger partial charge < -0.3 is 10.5 Å². The smallest absolute Gasteiger partial charge is 0.369 e. The van der Waals surface area contributed by atoms with Gasteiger partial charge in [-0.1, -0.05) is 0 Å². The number of nitrogens with zero attached hydrogens (tertiary/aromatic N) is 3. The predicted molar refractivity (Wildman–Crippen MR) is 90.6 cm³/mol. The highest BCUT2D eigenvalue weighted by Crippen LogP contribution is 2.60. The summed E-state index contributed by atoms with van der Waals surface area (Å²) in [7, 11) is -3.92. The highest BCUT2D eigenvalue weighted by Gasteiger charge is 2.61. The molecule has 0 aliphatic carbocycles. The van der Waals surface area contributed by atoms with Gasteiger partial charge in [0.05, 0.1) is 19.0 Å². The number of phosphoric ester groups is 1. The van der Waals surface area contributed by atoms with Gasteiger partial charge in [-0.05, 0) is 20.8 Å². The summed E-state index contributed by atoms with van der Waals surface area (Å²) < 4.78 is 51.1. The van der Waals surface area contributed by atoms with E-state index in [0.29, 0.717) is 0 Å². The molecular formula is C14H19FN5O6P. The number of nitrogens with two attached hydrogens (primary N) is 1. The van der Waals surface area contributed by atoms with Crippen molar-refractivity contribution >= 4 is 24.9 Å². The molecule has 0 amide bonds. The van der Waals surface area contributed by atoms with E-state index in [2.05, 4.69) is 15.0 Å². The van der Waals surface area contributed by atoms with Gasteiger partial charge in [-0.15, -0.1) is 0 Å². The summed E-state index contributed by atoms with van der Waals surface area (Å²) in [5.74, 6) is -0.139. The van der Waals surface area contributed by atoms with E-state index in [4.69, 9.17) is 24.0 Å². The first-order valence-corrected chi connectivity index (χ1v) is 9.75. The summed E-state index contributed by atoms with van der Waals surface area (Å²) in [4.78, 5) is 22.2. The van der Waals surface area contributed by atoms with Crippen LogP contribution in [0.15, 0.2) is 11.1 Å². The van der Waals surface area contributed by atoms with Crippen molar-refractivity contribution in [1.29, 1.82) is 0 Å². The van der Waals surface area contributed by atoms with Crippen LogP contribution in [0.3, 0.4) is 0 Å². The summed E-state index contributed by atoms with van der Waals surface area (Å²) in [5, 5.41) is 0. The molecule has 3 N–H and O–H groups in total. The minimum absolute atomic E-state index is 0.00977. The third kappa shape index (κ3) is 2.97. The number of fused-ring (bicyclic) bond motifs is 2. The first kappa shape index (κ1) is 18.5. The van der Waals surface area contributed by atoms with Gasteiger partial charge in [-0.2, -0.15) is 4.98 Å². The Labute approximate surface area is 152 Å². The van der Waals surface area contributed by atoms with Gasteiger partial charge in [0, 0.05) is 0 Å². The van der Waals surface area contributed by atoms with Crippen LogP contribution in [0.1, 0.15) is 27.0 Å². The van der Waals surface area contributed by atoms with Crippen molar-refractivity contribution < 1.29 is 27.3 Å². The number of H-pyrrole nitrogens is 1. The Balaban J connectivity index is 1.71. The van der Waals surface area contributed by atoms with E-state index in [1.54, 1.807) is 13.8 Å². The van der Waals surface area contributed by atoms with Crippen molar-refractivity contribution in [3.05, 3.63) is 16.7 Å². The van der Waals surface area contributed by atoms with Gasteiger partial charge in [0.25, 0.3) is 5.56 Å².